The quantitative estimate of drug-likeness (QED) is 0.868. The van der Waals surface area contributed by atoms with E-state index in [0.29, 0.717) is 16.3 Å². The second-order valence-corrected chi connectivity index (χ2v) is 4.77. The number of anilines is 1. The molecule has 0 saturated heterocycles. The van der Waals surface area contributed by atoms with Gasteiger partial charge in [-0.25, -0.2) is 9.37 Å². The summed E-state index contributed by atoms with van der Waals surface area (Å²) in [5.41, 5.74) is 7.93. The van der Waals surface area contributed by atoms with E-state index >= 15 is 0 Å². The van der Waals surface area contributed by atoms with Gasteiger partial charge in [-0.05, 0) is 25.5 Å². The molecule has 1 aromatic carbocycles. The smallest absolute Gasteiger partial charge is 0.132 e. The van der Waals surface area contributed by atoms with Gasteiger partial charge in [-0.15, -0.1) is 11.3 Å². The summed E-state index contributed by atoms with van der Waals surface area (Å²) < 4.78 is 13.7. The van der Waals surface area contributed by atoms with Crippen LogP contribution in [0.5, 0.6) is 0 Å². The van der Waals surface area contributed by atoms with E-state index in [4.69, 9.17) is 5.73 Å². The van der Waals surface area contributed by atoms with Gasteiger partial charge in [0, 0.05) is 5.56 Å². The van der Waals surface area contributed by atoms with Crippen LogP contribution in [0.2, 0.25) is 0 Å². The second-order valence-electron chi connectivity index (χ2n) is 3.66. The average molecular weight is 236 g/mol. The van der Waals surface area contributed by atoms with E-state index in [9.17, 15) is 4.39 Å². The van der Waals surface area contributed by atoms with Crippen molar-refractivity contribution in [3.8, 4) is 11.3 Å². The van der Waals surface area contributed by atoms with Gasteiger partial charge in [0.1, 0.15) is 16.5 Å². The Labute approximate surface area is 97.9 Å². The van der Waals surface area contributed by atoms with E-state index in [2.05, 4.69) is 4.98 Å². The number of hydrogen-bond acceptors (Lipinski definition) is 3. The van der Waals surface area contributed by atoms with E-state index in [-0.39, 0.29) is 5.82 Å². The van der Waals surface area contributed by atoms with Gasteiger partial charge in [0.15, 0.2) is 0 Å². The minimum absolute atomic E-state index is 0.273. The number of benzene rings is 1. The van der Waals surface area contributed by atoms with Crippen molar-refractivity contribution in [2.24, 2.45) is 0 Å². The maximum absolute atomic E-state index is 13.7. The fraction of sp³-hybridized carbons (Fsp3) is 0.250. The van der Waals surface area contributed by atoms with Gasteiger partial charge in [-0.3, -0.25) is 0 Å². The van der Waals surface area contributed by atoms with Gasteiger partial charge < -0.3 is 5.73 Å². The summed E-state index contributed by atoms with van der Waals surface area (Å²) >= 11 is 1.42. The van der Waals surface area contributed by atoms with Crippen LogP contribution in [0.1, 0.15) is 17.5 Å². The Morgan fingerprint density at radius 3 is 2.81 bits per heavy atom. The van der Waals surface area contributed by atoms with Gasteiger partial charge in [-0.1, -0.05) is 18.6 Å². The lowest BCUT2D eigenvalue weighted by atomic mass is 10.1. The fourth-order valence-electron chi connectivity index (χ4n) is 1.54. The van der Waals surface area contributed by atoms with Crippen LogP contribution in [0.3, 0.4) is 0 Å². The summed E-state index contributed by atoms with van der Waals surface area (Å²) in [4.78, 5) is 4.35. The number of hydrogen-bond donors (Lipinski definition) is 1. The highest BCUT2D eigenvalue weighted by molar-refractivity contribution is 7.16. The molecule has 1 aromatic heterocycles. The normalized spacial score (nSPS) is 10.7. The molecule has 0 bridgehead atoms. The maximum Gasteiger partial charge on any atom is 0.132 e. The van der Waals surface area contributed by atoms with Crippen molar-refractivity contribution in [2.75, 3.05) is 5.73 Å². The van der Waals surface area contributed by atoms with Gasteiger partial charge >= 0.3 is 0 Å². The Morgan fingerprint density at radius 1 is 1.44 bits per heavy atom. The van der Waals surface area contributed by atoms with Gasteiger partial charge in [0.25, 0.3) is 0 Å². The number of nitrogens with zero attached hydrogens (tertiary/aromatic N) is 1. The lowest BCUT2D eigenvalue weighted by molar-refractivity contribution is 0.630. The van der Waals surface area contributed by atoms with Gasteiger partial charge in [0.05, 0.1) is 5.01 Å². The van der Waals surface area contributed by atoms with E-state index < -0.39 is 0 Å². The van der Waals surface area contributed by atoms with Crippen LogP contribution in [0.15, 0.2) is 18.2 Å². The summed E-state index contributed by atoms with van der Waals surface area (Å²) in [6.07, 6.45) is 0.822. The molecule has 0 saturated carbocycles. The van der Waals surface area contributed by atoms with Crippen LogP contribution in [-0.2, 0) is 6.42 Å². The van der Waals surface area contributed by atoms with Crippen LogP contribution >= 0.6 is 11.3 Å². The first-order valence-corrected chi connectivity index (χ1v) is 5.95. The van der Waals surface area contributed by atoms with Crippen LogP contribution in [0.25, 0.3) is 11.3 Å². The zero-order valence-electron chi connectivity index (χ0n) is 9.25. The van der Waals surface area contributed by atoms with Crippen molar-refractivity contribution in [3.63, 3.8) is 0 Å². The van der Waals surface area contributed by atoms with E-state index in [1.165, 1.54) is 17.4 Å². The summed E-state index contributed by atoms with van der Waals surface area (Å²) in [5.74, 6) is -0.273. The number of nitrogens with two attached hydrogens (primary N) is 1. The maximum atomic E-state index is 13.7. The standard InChI is InChI=1S/C12H13FN2S/c1-3-10-15-11(12(14)16-10)8-6-7(2)4-5-9(8)13/h4-6H,3,14H2,1-2H3. The van der Waals surface area contributed by atoms with Gasteiger partial charge in [0.2, 0.25) is 0 Å². The lowest BCUT2D eigenvalue weighted by Crippen LogP contribution is -1.90. The summed E-state index contributed by atoms with van der Waals surface area (Å²) in [6, 6.07) is 4.97. The number of halogens is 1. The molecule has 0 amide bonds. The van der Waals surface area contributed by atoms with E-state index in [0.717, 1.165) is 17.0 Å². The van der Waals surface area contributed by atoms with Crippen LogP contribution in [0.4, 0.5) is 9.39 Å². The van der Waals surface area contributed by atoms with Crippen molar-refractivity contribution >= 4 is 16.3 Å². The van der Waals surface area contributed by atoms with Crippen LogP contribution < -0.4 is 5.73 Å². The molecule has 0 aliphatic heterocycles. The Kier molecular flexibility index (Phi) is 2.92. The molecule has 0 aliphatic carbocycles. The van der Waals surface area contributed by atoms with Crippen molar-refractivity contribution in [3.05, 3.63) is 34.6 Å². The first kappa shape index (κ1) is 11.1. The number of aryl methyl sites for hydroxylation is 2. The molecule has 0 radical (unpaired) electrons. The Hall–Kier alpha value is -1.42. The molecule has 16 heavy (non-hydrogen) atoms. The molecule has 0 atom stereocenters. The molecule has 2 N–H and O–H groups in total. The molecular formula is C12H13FN2S. The molecule has 0 unspecified atom stereocenters. The highest BCUT2D eigenvalue weighted by atomic mass is 32.1. The summed E-state index contributed by atoms with van der Waals surface area (Å²) in [6.45, 7) is 3.93. The average Bonchev–Trinajstić information content (AvgIpc) is 2.63. The molecule has 2 rings (SSSR count). The third-order valence-corrected chi connectivity index (χ3v) is 3.41. The predicted octanol–water partition coefficient (Wildman–Crippen LogP) is 3.40. The van der Waals surface area contributed by atoms with Crippen molar-refractivity contribution < 1.29 is 4.39 Å². The van der Waals surface area contributed by atoms with Crippen molar-refractivity contribution in [1.29, 1.82) is 0 Å². The molecule has 4 heteroatoms. The SMILES string of the molecule is CCc1nc(-c2cc(C)ccc2F)c(N)s1. The third-order valence-electron chi connectivity index (χ3n) is 2.38. The fourth-order valence-corrected chi connectivity index (χ4v) is 2.33. The lowest BCUT2D eigenvalue weighted by Gasteiger charge is -2.02. The minimum atomic E-state index is -0.273. The highest BCUT2D eigenvalue weighted by Crippen LogP contribution is 2.32. The Bertz CT molecular complexity index is 520. The summed E-state index contributed by atoms with van der Waals surface area (Å²) in [5, 5.41) is 1.52. The molecule has 0 fully saturated rings. The number of aromatic nitrogens is 1. The minimum Gasteiger partial charge on any atom is -0.389 e. The van der Waals surface area contributed by atoms with Crippen molar-refractivity contribution in [1.82, 2.24) is 4.98 Å². The number of rotatable bonds is 2. The largest absolute Gasteiger partial charge is 0.389 e. The summed E-state index contributed by atoms with van der Waals surface area (Å²) in [7, 11) is 0. The first-order valence-electron chi connectivity index (χ1n) is 5.13. The number of nitrogen functional groups attached to an aromatic ring is 1. The zero-order chi connectivity index (χ0) is 11.7. The molecular weight excluding hydrogens is 223 g/mol. The number of thiazole rings is 1. The predicted molar refractivity (Wildman–Crippen MR) is 66.0 cm³/mol. The Morgan fingerprint density at radius 2 is 2.19 bits per heavy atom. The Balaban J connectivity index is 2.57. The van der Waals surface area contributed by atoms with Crippen LogP contribution in [0, 0.1) is 12.7 Å². The first-order chi connectivity index (χ1) is 7.61. The topological polar surface area (TPSA) is 38.9 Å². The van der Waals surface area contributed by atoms with E-state index in [1.807, 2.05) is 13.8 Å². The zero-order valence-corrected chi connectivity index (χ0v) is 10.1. The molecule has 1 heterocycles. The van der Waals surface area contributed by atoms with E-state index in [1.54, 1.807) is 12.1 Å². The molecule has 84 valence electrons. The van der Waals surface area contributed by atoms with Crippen LogP contribution in [-0.4, -0.2) is 4.98 Å². The molecule has 0 aliphatic rings. The second kappa shape index (κ2) is 4.22. The third kappa shape index (κ3) is 1.93. The monoisotopic (exact) mass is 236 g/mol. The highest BCUT2D eigenvalue weighted by Gasteiger charge is 2.13. The van der Waals surface area contributed by atoms with Gasteiger partial charge in [-0.2, -0.15) is 0 Å². The molecule has 2 aromatic rings. The van der Waals surface area contributed by atoms with Crippen molar-refractivity contribution in [2.45, 2.75) is 20.3 Å². The molecule has 2 nitrogen and oxygen atoms in total. The molecule has 0 spiro atoms.